The third-order valence-electron chi connectivity index (χ3n) is 4.59. The lowest BCUT2D eigenvalue weighted by Crippen LogP contribution is -2.37. The van der Waals surface area contributed by atoms with Gasteiger partial charge in [-0.05, 0) is 39.9 Å². The zero-order chi connectivity index (χ0) is 18.0. The molecule has 138 valence electrons. The number of aromatic nitrogens is 4. The van der Waals surface area contributed by atoms with E-state index in [1.54, 1.807) is 7.05 Å². The van der Waals surface area contributed by atoms with Gasteiger partial charge in [-0.3, -0.25) is 14.3 Å². The zero-order valence-electron chi connectivity index (χ0n) is 15.0. The Bertz CT molecular complexity index is 828. The Labute approximate surface area is 145 Å². The molecule has 2 aromatic heterocycles. The maximum absolute atomic E-state index is 11.9. The van der Waals surface area contributed by atoms with Gasteiger partial charge in [0.1, 0.15) is 0 Å². The van der Waals surface area contributed by atoms with Crippen molar-refractivity contribution in [3.8, 4) is 0 Å². The van der Waals surface area contributed by atoms with E-state index < -0.39 is 11.2 Å². The van der Waals surface area contributed by atoms with Crippen LogP contribution in [0.5, 0.6) is 0 Å². The SMILES string of the molecule is CN(C)CCCOC1CCN(c2nc3c([nH]2)c(=O)[nH]c(=O)n3C)CC1. The molecule has 2 aromatic rings. The second-order valence-electron chi connectivity index (χ2n) is 6.79. The van der Waals surface area contributed by atoms with Crippen LogP contribution < -0.4 is 16.1 Å². The van der Waals surface area contributed by atoms with E-state index in [-0.39, 0.29) is 6.10 Å². The second-order valence-corrected chi connectivity index (χ2v) is 6.79. The number of aryl methyl sites for hydroxylation is 1. The topological polar surface area (TPSA) is 99.2 Å². The highest BCUT2D eigenvalue weighted by atomic mass is 16.5. The smallest absolute Gasteiger partial charge is 0.329 e. The first-order valence-electron chi connectivity index (χ1n) is 8.66. The van der Waals surface area contributed by atoms with Crippen molar-refractivity contribution in [3.63, 3.8) is 0 Å². The fourth-order valence-electron chi connectivity index (χ4n) is 3.11. The van der Waals surface area contributed by atoms with Crippen LogP contribution in [0.2, 0.25) is 0 Å². The third-order valence-corrected chi connectivity index (χ3v) is 4.59. The van der Waals surface area contributed by atoms with Gasteiger partial charge in [-0.25, -0.2) is 4.79 Å². The number of rotatable bonds is 6. The van der Waals surface area contributed by atoms with Crippen LogP contribution in [0.1, 0.15) is 19.3 Å². The molecule has 0 spiro atoms. The zero-order valence-corrected chi connectivity index (χ0v) is 15.0. The summed E-state index contributed by atoms with van der Waals surface area (Å²) in [5.41, 5.74) is -0.179. The van der Waals surface area contributed by atoms with Crippen molar-refractivity contribution in [3.05, 3.63) is 20.8 Å². The molecular weight excluding hydrogens is 324 g/mol. The van der Waals surface area contributed by atoms with Crippen LogP contribution in [-0.4, -0.2) is 70.9 Å². The summed E-state index contributed by atoms with van der Waals surface area (Å²) >= 11 is 0. The average Bonchev–Trinajstić information content (AvgIpc) is 3.03. The largest absolute Gasteiger partial charge is 0.378 e. The van der Waals surface area contributed by atoms with Crippen molar-refractivity contribution in [1.29, 1.82) is 0 Å². The van der Waals surface area contributed by atoms with E-state index in [0.29, 0.717) is 17.1 Å². The maximum Gasteiger partial charge on any atom is 0.329 e. The molecule has 0 aliphatic carbocycles. The van der Waals surface area contributed by atoms with Gasteiger partial charge < -0.3 is 19.5 Å². The summed E-state index contributed by atoms with van der Waals surface area (Å²) in [7, 11) is 5.72. The highest BCUT2D eigenvalue weighted by Gasteiger charge is 2.23. The molecule has 2 N–H and O–H groups in total. The normalized spacial score (nSPS) is 16.2. The Hall–Kier alpha value is -2.13. The number of anilines is 1. The molecule has 0 saturated carbocycles. The molecule has 1 aliphatic heterocycles. The standard InChI is InChI=1S/C16H26N6O3/c1-20(2)7-4-10-25-11-5-8-22(9-6-11)15-17-12-13(18-15)21(3)16(24)19-14(12)23/h11H,4-10H2,1-3H3,(H,17,18)(H,19,23,24). The molecule has 0 atom stereocenters. The van der Waals surface area contributed by atoms with Gasteiger partial charge in [0.15, 0.2) is 11.2 Å². The first-order valence-corrected chi connectivity index (χ1v) is 8.66. The molecule has 25 heavy (non-hydrogen) atoms. The molecule has 3 rings (SSSR count). The van der Waals surface area contributed by atoms with Gasteiger partial charge in [-0.15, -0.1) is 0 Å². The first-order chi connectivity index (χ1) is 12.0. The molecule has 0 radical (unpaired) electrons. The summed E-state index contributed by atoms with van der Waals surface area (Å²) in [4.78, 5) is 37.6. The number of piperidine rings is 1. The van der Waals surface area contributed by atoms with Crippen LogP contribution >= 0.6 is 0 Å². The molecular formula is C16H26N6O3. The minimum atomic E-state index is -0.458. The second kappa shape index (κ2) is 7.40. The van der Waals surface area contributed by atoms with E-state index in [1.807, 2.05) is 0 Å². The van der Waals surface area contributed by atoms with E-state index >= 15 is 0 Å². The first kappa shape index (κ1) is 17.7. The molecule has 0 bridgehead atoms. The van der Waals surface area contributed by atoms with Crippen molar-refractivity contribution >= 4 is 17.1 Å². The van der Waals surface area contributed by atoms with Crippen LogP contribution in [0.3, 0.4) is 0 Å². The van der Waals surface area contributed by atoms with Crippen molar-refractivity contribution in [2.24, 2.45) is 7.05 Å². The van der Waals surface area contributed by atoms with Crippen molar-refractivity contribution in [2.45, 2.75) is 25.4 Å². The number of hydrogen-bond acceptors (Lipinski definition) is 6. The third kappa shape index (κ3) is 3.93. The monoisotopic (exact) mass is 350 g/mol. The number of nitrogens with one attached hydrogen (secondary N) is 2. The highest BCUT2D eigenvalue weighted by molar-refractivity contribution is 5.72. The van der Waals surface area contributed by atoms with E-state index in [9.17, 15) is 9.59 Å². The van der Waals surface area contributed by atoms with Gasteiger partial charge in [0.05, 0.1) is 6.10 Å². The number of hydrogen-bond donors (Lipinski definition) is 2. The number of fused-ring (bicyclic) bond motifs is 1. The van der Waals surface area contributed by atoms with Gasteiger partial charge in [0.2, 0.25) is 5.95 Å². The Kier molecular flexibility index (Phi) is 5.24. The predicted molar refractivity (Wildman–Crippen MR) is 96.3 cm³/mol. The van der Waals surface area contributed by atoms with Crippen LogP contribution in [0, 0.1) is 0 Å². The van der Waals surface area contributed by atoms with Gasteiger partial charge in [-0.1, -0.05) is 0 Å². The fraction of sp³-hybridized carbons (Fsp3) is 0.688. The van der Waals surface area contributed by atoms with Gasteiger partial charge in [-0.2, -0.15) is 4.98 Å². The number of imidazole rings is 1. The summed E-state index contributed by atoms with van der Waals surface area (Å²) < 4.78 is 7.29. The van der Waals surface area contributed by atoms with Crippen LogP contribution in [0.25, 0.3) is 11.2 Å². The number of ether oxygens (including phenoxy) is 1. The minimum absolute atomic E-state index is 0.274. The van der Waals surface area contributed by atoms with Crippen LogP contribution in [0.4, 0.5) is 5.95 Å². The van der Waals surface area contributed by atoms with Crippen LogP contribution in [0.15, 0.2) is 9.59 Å². The molecule has 0 aromatic carbocycles. The number of aromatic amines is 2. The van der Waals surface area contributed by atoms with E-state index in [4.69, 9.17) is 4.74 Å². The molecule has 1 fully saturated rings. The lowest BCUT2D eigenvalue weighted by Gasteiger charge is -2.31. The van der Waals surface area contributed by atoms with Gasteiger partial charge in [0, 0.05) is 26.7 Å². The Balaban J connectivity index is 1.61. The van der Waals surface area contributed by atoms with E-state index in [2.05, 4.69) is 38.8 Å². The molecule has 1 aliphatic rings. The Morgan fingerprint density at radius 1 is 1.24 bits per heavy atom. The highest BCUT2D eigenvalue weighted by Crippen LogP contribution is 2.20. The van der Waals surface area contributed by atoms with E-state index in [0.717, 1.165) is 45.5 Å². The lowest BCUT2D eigenvalue weighted by molar-refractivity contribution is 0.0331. The molecule has 9 nitrogen and oxygen atoms in total. The fourth-order valence-corrected chi connectivity index (χ4v) is 3.11. The predicted octanol–water partition coefficient (Wildman–Crippen LogP) is -0.113. The molecule has 0 unspecified atom stereocenters. The van der Waals surface area contributed by atoms with Gasteiger partial charge >= 0.3 is 5.69 Å². The molecule has 0 amide bonds. The molecule has 1 saturated heterocycles. The summed E-state index contributed by atoms with van der Waals surface area (Å²) in [6, 6.07) is 0. The molecule has 9 heteroatoms. The quantitative estimate of drug-likeness (QED) is 0.705. The Morgan fingerprint density at radius 2 is 1.96 bits per heavy atom. The average molecular weight is 350 g/mol. The molecule has 3 heterocycles. The summed E-state index contributed by atoms with van der Waals surface area (Å²) in [6.07, 6.45) is 3.16. The minimum Gasteiger partial charge on any atom is -0.378 e. The van der Waals surface area contributed by atoms with Crippen LogP contribution in [-0.2, 0) is 11.8 Å². The number of H-pyrrole nitrogens is 2. The summed E-state index contributed by atoms with van der Waals surface area (Å²) in [6.45, 7) is 3.43. The maximum atomic E-state index is 11.9. The summed E-state index contributed by atoms with van der Waals surface area (Å²) in [5, 5.41) is 0. The Morgan fingerprint density at radius 3 is 2.64 bits per heavy atom. The number of nitrogens with zero attached hydrogens (tertiary/aromatic N) is 4. The van der Waals surface area contributed by atoms with Crippen molar-refractivity contribution < 1.29 is 4.74 Å². The van der Waals surface area contributed by atoms with Crippen molar-refractivity contribution in [2.75, 3.05) is 45.2 Å². The summed E-state index contributed by atoms with van der Waals surface area (Å²) in [5.74, 6) is 0.632. The lowest BCUT2D eigenvalue weighted by atomic mass is 10.1. The van der Waals surface area contributed by atoms with E-state index in [1.165, 1.54) is 4.57 Å². The van der Waals surface area contributed by atoms with Crippen molar-refractivity contribution in [1.82, 2.24) is 24.4 Å². The van der Waals surface area contributed by atoms with Gasteiger partial charge in [0.25, 0.3) is 5.56 Å².